The Morgan fingerprint density at radius 1 is 1.16 bits per heavy atom. The van der Waals surface area contributed by atoms with Gasteiger partial charge in [0.2, 0.25) is 0 Å². The van der Waals surface area contributed by atoms with Crippen LogP contribution < -0.4 is 10.6 Å². The van der Waals surface area contributed by atoms with Gasteiger partial charge in [-0.2, -0.15) is 0 Å². The van der Waals surface area contributed by atoms with Gasteiger partial charge in [-0.25, -0.2) is 4.98 Å². The van der Waals surface area contributed by atoms with Crippen LogP contribution in [0.25, 0.3) is 5.65 Å². The molecule has 2 amide bonds. The van der Waals surface area contributed by atoms with Gasteiger partial charge in [-0.15, -0.1) is 0 Å². The summed E-state index contributed by atoms with van der Waals surface area (Å²) in [5.74, 6) is -0.326. The number of benzene rings is 1. The zero-order chi connectivity index (χ0) is 21.6. The third-order valence-electron chi connectivity index (χ3n) is 6.52. The van der Waals surface area contributed by atoms with Crippen molar-refractivity contribution in [3.8, 4) is 0 Å². The molecule has 1 fully saturated rings. The Hall–Kier alpha value is -2.71. The number of hydrogen-bond donors (Lipinski definition) is 2. The van der Waals surface area contributed by atoms with Gasteiger partial charge in [-0.1, -0.05) is 24.3 Å². The Morgan fingerprint density at radius 3 is 2.65 bits per heavy atom. The van der Waals surface area contributed by atoms with Gasteiger partial charge in [0.25, 0.3) is 11.8 Å². The van der Waals surface area contributed by atoms with E-state index < -0.39 is 0 Å². The molecule has 2 N–H and O–H groups in total. The number of hydrogen-bond acceptors (Lipinski definition) is 4. The topological polar surface area (TPSA) is 78.7 Å². The first kappa shape index (κ1) is 20.2. The van der Waals surface area contributed by atoms with Crippen LogP contribution in [0.4, 0.5) is 0 Å². The van der Waals surface area contributed by atoms with Crippen LogP contribution >= 0.6 is 15.9 Å². The second kappa shape index (κ2) is 7.76. The lowest BCUT2D eigenvalue weighted by Gasteiger charge is -2.45. The maximum Gasteiger partial charge on any atom is 0.274 e. The molecule has 160 valence electrons. The Morgan fingerprint density at radius 2 is 1.90 bits per heavy atom. The predicted molar refractivity (Wildman–Crippen MR) is 121 cm³/mol. The smallest absolute Gasteiger partial charge is 0.274 e. The molecule has 3 aromatic rings. The molecule has 0 bridgehead atoms. The minimum atomic E-state index is -0.237. The molecule has 1 aromatic carbocycles. The van der Waals surface area contributed by atoms with Crippen molar-refractivity contribution in [3.63, 3.8) is 0 Å². The minimum Gasteiger partial charge on any atom is -0.355 e. The molecule has 8 heteroatoms. The van der Waals surface area contributed by atoms with Crippen LogP contribution in [0.1, 0.15) is 44.8 Å². The van der Waals surface area contributed by atoms with E-state index in [1.54, 1.807) is 29.9 Å². The molecule has 2 aliphatic rings. The van der Waals surface area contributed by atoms with E-state index in [4.69, 9.17) is 0 Å². The number of imidazole rings is 1. The number of halogens is 1. The molecular weight excluding hydrogens is 458 g/mol. The van der Waals surface area contributed by atoms with Crippen LogP contribution in [-0.2, 0) is 13.0 Å². The zero-order valence-corrected chi connectivity index (χ0v) is 18.9. The lowest BCUT2D eigenvalue weighted by molar-refractivity contribution is 0.0626. The van der Waals surface area contributed by atoms with Gasteiger partial charge < -0.3 is 19.9 Å². The fourth-order valence-corrected chi connectivity index (χ4v) is 5.18. The van der Waals surface area contributed by atoms with E-state index >= 15 is 0 Å². The number of likely N-dealkylation sites (tertiary alicyclic amines) is 1. The molecule has 5 rings (SSSR count). The van der Waals surface area contributed by atoms with Crippen LogP contribution in [0.3, 0.4) is 0 Å². The van der Waals surface area contributed by atoms with Gasteiger partial charge in [0, 0.05) is 49.1 Å². The van der Waals surface area contributed by atoms with Crippen LogP contribution in [0.5, 0.6) is 0 Å². The molecule has 1 spiro atoms. The van der Waals surface area contributed by atoms with Gasteiger partial charge in [0.15, 0.2) is 5.65 Å². The fraction of sp³-hybridized carbons (Fsp3) is 0.348. The van der Waals surface area contributed by atoms with Crippen LogP contribution in [0, 0.1) is 0 Å². The molecule has 1 saturated heterocycles. The largest absolute Gasteiger partial charge is 0.355 e. The molecule has 0 atom stereocenters. The van der Waals surface area contributed by atoms with Gasteiger partial charge in [-0.3, -0.25) is 9.59 Å². The second-order valence-electron chi connectivity index (χ2n) is 8.38. The molecule has 2 aliphatic heterocycles. The summed E-state index contributed by atoms with van der Waals surface area (Å²) in [6.07, 6.45) is 6.34. The first-order valence-corrected chi connectivity index (χ1v) is 11.3. The molecule has 0 radical (unpaired) electrons. The van der Waals surface area contributed by atoms with Crippen molar-refractivity contribution in [1.82, 2.24) is 24.9 Å². The van der Waals surface area contributed by atoms with Crippen molar-refractivity contribution in [2.45, 2.75) is 31.3 Å². The number of pyridine rings is 1. The maximum atomic E-state index is 13.2. The molecule has 0 saturated carbocycles. The highest BCUT2D eigenvalue weighted by Gasteiger charge is 2.38. The van der Waals surface area contributed by atoms with Crippen molar-refractivity contribution < 1.29 is 9.59 Å². The monoisotopic (exact) mass is 481 g/mol. The second-order valence-corrected chi connectivity index (χ2v) is 9.30. The van der Waals surface area contributed by atoms with Gasteiger partial charge in [0.1, 0.15) is 5.69 Å². The van der Waals surface area contributed by atoms with E-state index in [1.165, 1.54) is 11.1 Å². The predicted octanol–water partition coefficient (Wildman–Crippen LogP) is 2.78. The Labute approximate surface area is 189 Å². The van der Waals surface area contributed by atoms with E-state index in [9.17, 15) is 9.59 Å². The summed E-state index contributed by atoms with van der Waals surface area (Å²) in [5.41, 5.74) is 4.11. The van der Waals surface area contributed by atoms with Crippen molar-refractivity contribution in [1.29, 1.82) is 0 Å². The van der Waals surface area contributed by atoms with Crippen molar-refractivity contribution >= 4 is 33.4 Å². The standard InChI is InChI=1S/C23H24BrN5O2/c1-25-21(30)18-10-17(24)13-29-14-19(27-20(18)29)22(31)28-8-6-23(7-9-28)11-15-4-2-3-5-16(15)12-26-23/h2-5,10,13-14,26H,6-9,11-12H2,1H3,(H,25,30). The SMILES string of the molecule is CNC(=O)c1cc(Br)cn2cc(C(=O)N3CCC4(CC3)Cc3ccccc3CN4)nc12. The van der Waals surface area contributed by atoms with E-state index in [-0.39, 0.29) is 17.4 Å². The van der Waals surface area contributed by atoms with Crippen LogP contribution in [0.15, 0.2) is 47.2 Å². The number of fused-ring (bicyclic) bond motifs is 2. The van der Waals surface area contributed by atoms with Crippen molar-refractivity contribution in [2.75, 3.05) is 20.1 Å². The fourth-order valence-electron chi connectivity index (χ4n) is 4.73. The van der Waals surface area contributed by atoms with E-state index in [2.05, 4.69) is 55.8 Å². The highest BCUT2D eigenvalue weighted by Crippen LogP contribution is 2.32. The average Bonchev–Trinajstić information content (AvgIpc) is 3.22. The summed E-state index contributed by atoms with van der Waals surface area (Å²) in [6, 6.07) is 10.3. The number of aromatic nitrogens is 2. The Balaban J connectivity index is 1.34. The summed E-state index contributed by atoms with van der Waals surface area (Å²) in [5, 5.41) is 6.36. The molecule has 2 aromatic heterocycles. The van der Waals surface area contributed by atoms with Crippen LogP contribution in [-0.4, -0.2) is 51.8 Å². The zero-order valence-electron chi connectivity index (χ0n) is 17.3. The highest BCUT2D eigenvalue weighted by atomic mass is 79.9. The molecule has 4 heterocycles. The van der Waals surface area contributed by atoms with E-state index in [0.717, 1.165) is 30.3 Å². The third-order valence-corrected chi connectivity index (χ3v) is 6.95. The van der Waals surface area contributed by atoms with Gasteiger partial charge in [0.05, 0.1) is 5.56 Å². The molecular formula is C23H24BrN5O2. The van der Waals surface area contributed by atoms with Crippen molar-refractivity contribution in [2.24, 2.45) is 0 Å². The van der Waals surface area contributed by atoms with E-state index in [1.807, 2.05) is 4.90 Å². The molecule has 31 heavy (non-hydrogen) atoms. The number of piperidine rings is 1. The van der Waals surface area contributed by atoms with Gasteiger partial charge in [-0.05, 0) is 52.4 Å². The number of amides is 2. The quantitative estimate of drug-likeness (QED) is 0.589. The summed E-state index contributed by atoms with van der Waals surface area (Å²) in [6.45, 7) is 2.26. The van der Waals surface area contributed by atoms with E-state index in [0.29, 0.717) is 30.0 Å². The number of carbonyl (C=O) groups is 2. The normalized spacial score (nSPS) is 17.5. The first-order chi connectivity index (χ1) is 15.0. The summed E-state index contributed by atoms with van der Waals surface area (Å²) < 4.78 is 2.48. The Bertz CT molecular complexity index is 1180. The number of nitrogens with zero attached hydrogens (tertiary/aromatic N) is 3. The summed E-state index contributed by atoms with van der Waals surface area (Å²) >= 11 is 3.42. The minimum absolute atomic E-state index is 0.0568. The molecule has 0 unspecified atom stereocenters. The summed E-state index contributed by atoms with van der Waals surface area (Å²) in [4.78, 5) is 31.8. The lowest BCUT2D eigenvalue weighted by atomic mass is 9.78. The van der Waals surface area contributed by atoms with Gasteiger partial charge >= 0.3 is 0 Å². The molecule has 7 nitrogen and oxygen atoms in total. The number of rotatable bonds is 2. The van der Waals surface area contributed by atoms with Crippen LogP contribution in [0.2, 0.25) is 0 Å². The summed E-state index contributed by atoms with van der Waals surface area (Å²) in [7, 11) is 1.58. The average molecular weight is 482 g/mol. The molecule has 0 aliphatic carbocycles. The van der Waals surface area contributed by atoms with Crippen molar-refractivity contribution in [3.05, 3.63) is 69.6 Å². The lowest BCUT2D eigenvalue weighted by Crippen LogP contribution is -2.57. The Kier molecular flexibility index (Phi) is 5.06. The third kappa shape index (κ3) is 3.64. The number of nitrogens with one attached hydrogen (secondary N) is 2. The first-order valence-electron chi connectivity index (χ1n) is 10.5. The highest BCUT2D eigenvalue weighted by molar-refractivity contribution is 9.10. The number of carbonyl (C=O) groups excluding carboxylic acids is 2. The maximum absolute atomic E-state index is 13.2.